The highest BCUT2D eigenvalue weighted by molar-refractivity contribution is 5.98. The van der Waals surface area contributed by atoms with Crippen molar-refractivity contribution < 1.29 is 38.5 Å². The first-order chi connectivity index (χ1) is 24.2. The van der Waals surface area contributed by atoms with Gasteiger partial charge >= 0.3 is 11.9 Å². The lowest BCUT2D eigenvalue weighted by molar-refractivity contribution is -0.137. The minimum Gasteiger partial charge on any atom is -0.496 e. The third-order valence-electron chi connectivity index (χ3n) is 8.14. The minimum atomic E-state index is -1.16. The van der Waals surface area contributed by atoms with Crippen molar-refractivity contribution in [3.63, 3.8) is 0 Å². The van der Waals surface area contributed by atoms with Crippen molar-refractivity contribution in [2.75, 3.05) is 32.2 Å². The fraction of sp³-hybridized carbons (Fsp3) is 0.300. The molecule has 0 aliphatic rings. The van der Waals surface area contributed by atoms with Gasteiger partial charge in [-0.2, -0.15) is 0 Å². The summed E-state index contributed by atoms with van der Waals surface area (Å²) in [4.78, 5) is 53.5. The molecule has 0 radical (unpaired) electrons. The third kappa shape index (κ3) is 10.9. The smallest absolute Gasteiger partial charge is 0.343 e. The van der Waals surface area contributed by atoms with Gasteiger partial charge < -0.3 is 29.1 Å². The molecule has 1 N–H and O–H groups in total. The summed E-state index contributed by atoms with van der Waals surface area (Å²) in [6, 6.07) is 27.1. The SMILES string of the molecule is CCCCCCCOc1ccc(C(=O)Oc2ccc(CN(CC(=O)O)C(=O)c3ccc(N(C)C(=O)Cc4ccccc4OC)cc3)cc2)cc1. The molecular weight excluding hydrogens is 636 g/mol. The van der Waals surface area contributed by atoms with E-state index in [0.717, 1.165) is 18.4 Å². The van der Waals surface area contributed by atoms with Gasteiger partial charge in [-0.05, 0) is 78.7 Å². The number of hydrogen-bond donors (Lipinski definition) is 1. The molecule has 0 aliphatic carbocycles. The number of unbranched alkanes of at least 4 members (excludes halogenated alkanes) is 4. The van der Waals surface area contributed by atoms with E-state index in [1.165, 1.54) is 29.1 Å². The Kier molecular flexibility index (Phi) is 14.0. The predicted octanol–water partition coefficient (Wildman–Crippen LogP) is 7.20. The zero-order valence-electron chi connectivity index (χ0n) is 28.8. The average molecular weight is 681 g/mol. The second kappa shape index (κ2) is 18.8. The van der Waals surface area contributed by atoms with Crippen LogP contribution in [0.2, 0.25) is 0 Å². The highest BCUT2D eigenvalue weighted by atomic mass is 16.5. The summed E-state index contributed by atoms with van der Waals surface area (Å²) in [5, 5.41) is 9.53. The molecule has 0 saturated carbocycles. The molecule has 0 fully saturated rings. The number of amides is 2. The summed E-state index contributed by atoms with van der Waals surface area (Å²) >= 11 is 0. The van der Waals surface area contributed by atoms with Gasteiger partial charge in [0.15, 0.2) is 0 Å². The Morgan fingerprint density at radius 3 is 2.04 bits per heavy atom. The highest BCUT2D eigenvalue weighted by Gasteiger charge is 2.21. The number of carboxylic acid groups (broad SMARTS) is 1. The lowest BCUT2D eigenvalue weighted by atomic mass is 10.1. The lowest BCUT2D eigenvalue weighted by Crippen LogP contribution is -2.35. The van der Waals surface area contributed by atoms with Crippen molar-refractivity contribution >= 4 is 29.4 Å². The molecule has 0 spiro atoms. The maximum atomic E-state index is 13.4. The molecule has 0 unspecified atom stereocenters. The Balaban J connectivity index is 1.32. The number of esters is 1. The molecular formula is C40H44N2O8. The summed E-state index contributed by atoms with van der Waals surface area (Å²) in [5.41, 5.74) is 2.63. The van der Waals surface area contributed by atoms with Crippen LogP contribution in [-0.4, -0.2) is 61.1 Å². The molecule has 2 amide bonds. The number of methoxy groups -OCH3 is 1. The van der Waals surface area contributed by atoms with Crippen LogP contribution >= 0.6 is 0 Å². The zero-order chi connectivity index (χ0) is 35.9. The number of carbonyl (C=O) groups is 4. The zero-order valence-corrected chi connectivity index (χ0v) is 28.8. The molecule has 0 aromatic heterocycles. The van der Waals surface area contributed by atoms with Gasteiger partial charge in [0.05, 0.1) is 25.7 Å². The van der Waals surface area contributed by atoms with Crippen LogP contribution in [0.15, 0.2) is 97.1 Å². The van der Waals surface area contributed by atoms with Gasteiger partial charge in [-0.1, -0.05) is 62.9 Å². The van der Waals surface area contributed by atoms with E-state index in [1.54, 1.807) is 93.0 Å². The standard InChI is InChI=1S/C40H44N2O8/c1-4-5-6-7-10-25-49-34-23-17-31(18-24-34)40(47)50-35-21-13-29(14-22-35)27-42(28-38(44)45)39(46)30-15-19-33(20-16-30)41(2)37(43)26-32-11-8-9-12-36(32)48-3/h8-9,11-24H,4-7,10,25-28H2,1-3H3,(H,44,45). The van der Waals surface area contributed by atoms with Crippen LogP contribution in [0, 0.1) is 0 Å². The first-order valence-corrected chi connectivity index (χ1v) is 16.7. The van der Waals surface area contributed by atoms with Crippen LogP contribution in [0.4, 0.5) is 5.69 Å². The number of carbonyl (C=O) groups excluding carboxylic acids is 3. The van der Waals surface area contributed by atoms with Crippen molar-refractivity contribution in [1.82, 2.24) is 4.90 Å². The number of hydrogen-bond acceptors (Lipinski definition) is 7. The molecule has 4 aromatic carbocycles. The normalized spacial score (nSPS) is 10.6. The van der Waals surface area contributed by atoms with Crippen LogP contribution in [0.1, 0.15) is 70.9 Å². The molecule has 0 saturated heterocycles. The maximum Gasteiger partial charge on any atom is 0.343 e. The number of ether oxygens (including phenoxy) is 3. The first-order valence-electron chi connectivity index (χ1n) is 16.7. The van der Waals surface area contributed by atoms with Crippen molar-refractivity contribution in [1.29, 1.82) is 0 Å². The molecule has 4 rings (SSSR count). The first kappa shape index (κ1) is 37.2. The summed E-state index contributed by atoms with van der Waals surface area (Å²) in [6.45, 7) is 2.31. The van der Waals surface area contributed by atoms with Gasteiger partial charge in [0.2, 0.25) is 5.91 Å². The number of rotatable bonds is 18. The van der Waals surface area contributed by atoms with Crippen molar-refractivity contribution in [3.05, 3.63) is 119 Å². The van der Waals surface area contributed by atoms with Crippen molar-refractivity contribution in [3.8, 4) is 17.2 Å². The van der Waals surface area contributed by atoms with Gasteiger partial charge in [-0.3, -0.25) is 14.4 Å². The van der Waals surface area contributed by atoms with Gasteiger partial charge in [0, 0.05) is 30.4 Å². The highest BCUT2D eigenvalue weighted by Crippen LogP contribution is 2.22. The molecule has 0 heterocycles. The molecule has 262 valence electrons. The molecule has 0 bridgehead atoms. The van der Waals surface area contributed by atoms with Crippen molar-refractivity contribution in [2.24, 2.45) is 0 Å². The number of para-hydroxylation sites is 1. The number of aliphatic carboxylic acids is 1. The van der Waals surface area contributed by atoms with Gasteiger partial charge in [-0.25, -0.2) is 4.79 Å². The molecule has 50 heavy (non-hydrogen) atoms. The van der Waals surface area contributed by atoms with Crippen LogP contribution in [0.5, 0.6) is 17.2 Å². The lowest BCUT2D eigenvalue weighted by Gasteiger charge is -2.22. The molecule has 10 heteroatoms. The molecule has 0 aliphatic heterocycles. The van der Waals surface area contributed by atoms with E-state index in [1.807, 2.05) is 18.2 Å². The topological polar surface area (TPSA) is 123 Å². The monoisotopic (exact) mass is 680 g/mol. The van der Waals surface area contributed by atoms with E-state index in [4.69, 9.17) is 14.2 Å². The average Bonchev–Trinajstić information content (AvgIpc) is 3.13. The number of benzene rings is 4. The minimum absolute atomic E-state index is 0.0124. The van der Waals surface area contributed by atoms with Crippen LogP contribution < -0.4 is 19.1 Å². The Bertz CT molecular complexity index is 1720. The number of carboxylic acids is 1. The van der Waals surface area contributed by atoms with E-state index in [9.17, 15) is 24.3 Å². The third-order valence-corrected chi connectivity index (χ3v) is 8.14. The summed E-state index contributed by atoms with van der Waals surface area (Å²) in [7, 11) is 3.20. The van der Waals surface area contributed by atoms with Crippen LogP contribution in [0.25, 0.3) is 0 Å². The quantitative estimate of drug-likeness (QED) is 0.0666. The van der Waals surface area contributed by atoms with E-state index in [-0.39, 0.29) is 24.4 Å². The van der Waals surface area contributed by atoms with Crippen LogP contribution in [0.3, 0.4) is 0 Å². The number of likely N-dealkylation sites (N-methyl/N-ethyl adjacent to an activating group) is 1. The second-order valence-corrected chi connectivity index (χ2v) is 11.9. The summed E-state index contributed by atoms with van der Waals surface area (Å²) in [6.07, 6.45) is 5.89. The van der Waals surface area contributed by atoms with Crippen LogP contribution in [-0.2, 0) is 22.6 Å². The molecule has 10 nitrogen and oxygen atoms in total. The molecule has 0 atom stereocenters. The maximum absolute atomic E-state index is 13.4. The Hall–Kier alpha value is -5.64. The Morgan fingerprint density at radius 2 is 1.38 bits per heavy atom. The summed E-state index contributed by atoms with van der Waals surface area (Å²) < 4.78 is 16.6. The van der Waals surface area contributed by atoms with Gasteiger partial charge in [0.1, 0.15) is 23.8 Å². The molecule has 4 aromatic rings. The Morgan fingerprint density at radius 1 is 0.740 bits per heavy atom. The fourth-order valence-corrected chi connectivity index (χ4v) is 5.28. The predicted molar refractivity (Wildman–Crippen MR) is 191 cm³/mol. The fourth-order valence-electron chi connectivity index (χ4n) is 5.28. The Labute approximate surface area is 293 Å². The van der Waals surface area contributed by atoms with Gasteiger partial charge in [-0.15, -0.1) is 0 Å². The van der Waals surface area contributed by atoms with E-state index >= 15 is 0 Å². The largest absolute Gasteiger partial charge is 0.496 e. The number of anilines is 1. The summed E-state index contributed by atoms with van der Waals surface area (Å²) in [5.74, 6) is -0.710. The number of nitrogens with zero attached hydrogens (tertiary/aromatic N) is 2. The van der Waals surface area contributed by atoms with E-state index in [0.29, 0.717) is 40.7 Å². The van der Waals surface area contributed by atoms with E-state index < -0.39 is 24.4 Å². The van der Waals surface area contributed by atoms with Crippen molar-refractivity contribution in [2.45, 2.75) is 52.0 Å². The van der Waals surface area contributed by atoms with Gasteiger partial charge in [0.25, 0.3) is 5.91 Å². The second-order valence-electron chi connectivity index (χ2n) is 11.9. The van der Waals surface area contributed by atoms with E-state index in [2.05, 4.69) is 6.92 Å².